The van der Waals surface area contributed by atoms with Crippen LogP contribution in [0, 0.1) is 0 Å². The quantitative estimate of drug-likeness (QED) is 0.851. The standard InChI is InChI=1S/C16H24N2O4/c1-3-5-12-10-13(17-22-12)15(19)18-8-6-14(20-2)16(11-18)7-4-9-21-16/h10,14H,3-9,11H2,1-2H3/t14-,16-/m0/s1. The number of likely N-dealkylation sites (tertiary alicyclic amines) is 1. The number of carbonyl (C=O) groups is 1. The molecule has 0 bridgehead atoms. The number of ether oxygens (including phenoxy) is 2. The van der Waals surface area contributed by atoms with E-state index in [1.165, 1.54) is 0 Å². The van der Waals surface area contributed by atoms with E-state index in [0.29, 0.717) is 18.8 Å². The van der Waals surface area contributed by atoms with Crippen molar-refractivity contribution < 1.29 is 18.8 Å². The summed E-state index contributed by atoms with van der Waals surface area (Å²) in [6, 6.07) is 1.76. The fourth-order valence-corrected chi connectivity index (χ4v) is 3.58. The highest BCUT2D eigenvalue weighted by atomic mass is 16.6. The molecule has 0 radical (unpaired) electrons. The number of rotatable bonds is 4. The van der Waals surface area contributed by atoms with Crippen LogP contribution in [0.4, 0.5) is 0 Å². The van der Waals surface area contributed by atoms with E-state index >= 15 is 0 Å². The molecule has 0 unspecified atom stereocenters. The van der Waals surface area contributed by atoms with Gasteiger partial charge in [0.25, 0.3) is 5.91 Å². The second-order valence-corrected chi connectivity index (χ2v) is 6.18. The van der Waals surface area contributed by atoms with E-state index in [0.717, 1.165) is 44.5 Å². The fraction of sp³-hybridized carbons (Fsp3) is 0.750. The summed E-state index contributed by atoms with van der Waals surface area (Å²) in [5.74, 6) is 0.694. The van der Waals surface area contributed by atoms with Gasteiger partial charge < -0.3 is 18.9 Å². The maximum atomic E-state index is 12.7. The number of piperidine rings is 1. The van der Waals surface area contributed by atoms with Crippen molar-refractivity contribution in [3.63, 3.8) is 0 Å². The number of nitrogens with zero attached hydrogens (tertiary/aromatic N) is 2. The van der Waals surface area contributed by atoms with Gasteiger partial charge in [0.05, 0.1) is 12.6 Å². The first-order valence-electron chi connectivity index (χ1n) is 8.10. The highest BCUT2D eigenvalue weighted by molar-refractivity contribution is 5.92. The van der Waals surface area contributed by atoms with Crippen LogP contribution in [0.5, 0.6) is 0 Å². The third-order valence-corrected chi connectivity index (χ3v) is 4.69. The minimum absolute atomic E-state index is 0.0620. The van der Waals surface area contributed by atoms with Crippen molar-refractivity contribution in [2.45, 2.75) is 50.7 Å². The number of aromatic nitrogens is 1. The Morgan fingerprint density at radius 2 is 2.45 bits per heavy atom. The van der Waals surface area contributed by atoms with Crippen molar-refractivity contribution in [3.8, 4) is 0 Å². The minimum Gasteiger partial charge on any atom is -0.378 e. The van der Waals surface area contributed by atoms with Crippen LogP contribution >= 0.6 is 0 Å². The summed E-state index contributed by atoms with van der Waals surface area (Å²) in [5, 5.41) is 3.93. The molecule has 6 heteroatoms. The molecule has 2 aliphatic rings. The van der Waals surface area contributed by atoms with E-state index in [1.807, 2.05) is 4.90 Å². The normalized spacial score (nSPS) is 28.5. The molecule has 122 valence electrons. The van der Waals surface area contributed by atoms with E-state index in [-0.39, 0.29) is 17.6 Å². The number of carbonyl (C=O) groups excluding carboxylic acids is 1. The Labute approximate surface area is 130 Å². The molecule has 0 N–H and O–H groups in total. The molecule has 2 saturated heterocycles. The van der Waals surface area contributed by atoms with E-state index < -0.39 is 0 Å². The summed E-state index contributed by atoms with van der Waals surface area (Å²) in [4.78, 5) is 14.5. The average Bonchev–Trinajstić information content (AvgIpc) is 3.17. The molecule has 0 saturated carbocycles. The van der Waals surface area contributed by atoms with Crippen LogP contribution in [0.1, 0.15) is 48.9 Å². The second kappa shape index (κ2) is 6.38. The number of hydrogen-bond donors (Lipinski definition) is 0. The van der Waals surface area contributed by atoms with Crippen LogP contribution in [0.25, 0.3) is 0 Å². The molecule has 2 atom stereocenters. The van der Waals surface area contributed by atoms with Crippen molar-refractivity contribution in [1.29, 1.82) is 0 Å². The third kappa shape index (κ3) is 2.77. The van der Waals surface area contributed by atoms with Gasteiger partial charge in [-0.15, -0.1) is 0 Å². The van der Waals surface area contributed by atoms with Gasteiger partial charge in [-0.1, -0.05) is 12.1 Å². The first-order valence-corrected chi connectivity index (χ1v) is 8.10. The van der Waals surface area contributed by atoms with Crippen LogP contribution in [0.2, 0.25) is 0 Å². The van der Waals surface area contributed by atoms with Crippen LogP contribution < -0.4 is 0 Å². The van der Waals surface area contributed by atoms with E-state index in [9.17, 15) is 4.79 Å². The zero-order chi connectivity index (χ0) is 15.6. The zero-order valence-corrected chi connectivity index (χ0v) is 13.3. The molecule has 0 aromatic carbocycles. The molecule has 3 rings (SSSR count). The molecule has 1 aromatic rings. The lowest BCUT2D eigenvalue weighted by Crippen LogP contribution is -2.58. The number of methoxy groups -OCH3 is 1. The van der Waals surface area contributed by atoms with Crippen molar-refractivity contribution in [2.24, 2.45) is 0 Å². The molecule has 1 amide bonds. The summed E-state index contributed by atoms with van der Waals surface area (Å²) in [6.45, 7) is 4.05. The van der Waals surface area contributed by atoms with Gasteiger partial charge in [0.1, 0.15) is 11.4 Å². The van der Waals surface area contributed by atoms with Gasteiger partial charge in [0.2, 0.25) is 0 Å². The fourth-order valence-electron chi connectivity index (χ4n) is 3.58. The van der Waals surface area contributed by atoms with Gasteiger partial charge >= 0.3 is 0 Å². The Bertz CT molecular complexity index is 522. The predicted molar refractivity (Wildman–Crippen MR) is 79.7 cm³/mol. The monoisotopic (exact) mass is 308 g/mol. The average molecular weight is 308 g/mol. The first-order chi connectivity index (χ1) is 10.7. The van der Waals surface area contributed by atoms with E-state index in [4.69, 9.17) is 14.0 Å². The molecule has 1 spiro atoms. The van der Waals surface area contributed by atoms with Crippen LogP contribution in [0.3, 0.4) is 0 Å². The zero-order valence-electron chi connectivity index (χ0n) is 13.3. The molecular formula is C16H24N2O4. The molecule has 2 fully saturated rings. The molecule has 3 heterocycles. The molecule has 0 aliphatic carbocycles. The van der Waals surface area contributed by atoms with Crippen molar-refractivity contribution in [3.05, 3.63) is 17.5 Å². The summed E-state index contributed by atoms with van der Waals surface area (Å²) < 4.78 is 16.8. The maximum Gasteiger partial charge on any atom is 0.276 e. The number of amides is 1. The smallest absolute Gasteiger partial charge is 0.276 e. The highest BCUT2D eigenvalue weighted by Gasteiger charge is 2.48. The molecule has 2 aliphatic heterocycles. The first kappa shape index (κ1) is 15.5. The van der Waals surface area contributed by atoms with E-state index in [1.54, 1.807) is 13.2 Å². The number of aryl methyl sites for hydroxylation is 1. The predicted octanol–water partition coefficient (Wildman–Crippen LogP) is 2.04. The lowest BCUT2D eigenvalue weighted by Gasteiger charge is -2.44. The van der Waals surface area contributed by atoms with Gasteiger partial charge in [-0.05, 0) is 25.7 Å². The van der Waals surface area contributed by atoms with Crippen LogP contribution in [-0.2, 0) is 15.9 Å². The molecular weight excluding hydrogens is 284 g/mol. The summed E-state index contributed by atoms with van der Waals surface area (Å²) >= 11 is 0. The van der Waals surface area contributed by atoms with Crippen LogP contribution in [0.15, 0.2) is 10.6 Å². The van der Waals surface area contributed by atoms with Gasteiger partial charge in [-0.25, -0.2) is 0 Å². The Morgan fingerprint density at radius 1 is 1.59 bits per heavy atom. The van der Waals surface area contributed by atoms with Gasteiger partial charge in [0, 0.05) is 32.7 Å². The summed E-state index contributed by atoms with van der Waals surface area (Å²) in [6.07, 6.45) is 4.59. The lowest BCUT2D eigenvalue weighted by molar-refractivity contribution is -0.137. The van der Waals surface area contributed by atoms with Gasteiger partial charge in [-0.2, -0.15) is 0 Å². The molecule has 6 nitrogen and oxygen atoms in total. The van der Waals surface area contributed by atoms with Gasteiger partial charge in [0.15, 0.2) is 5.69 Å². The van der Waals surface area contributed by atoms with Crippen molar-refractivity contribution in [2.75, 3.05) is 26.8 Å². The lowest BCUT2D eigenvalue weighted by atomic mass is 9.86. The van der Waals surface area contributed by atoms with Crippen LogP contribution in [-0.4, -0.2) is 54.5 Å². The SMILES string of the molecule is CCCc1cc(C(=O)N2CC[C@H](OC)[C@]3(CCCO3)C2)no1. The highest BCUT2D eigenvalue weighted by Crippen LogP contribution is 2.36. The summed E-state index contributed by atoms with van der Waals surface area (Å²) in [5.41, 5.74) is 0.0472. The third-order valence-electron chi connectivity index (χ3n) is 4.69. The molecule has 22 heavy (non-hydrogen) atoms. The Kier molecular flexibility index (Phi) is 4.49. The minimum atomic E-state index is -0.349. The van der Waals surface area contributed by atoms with Crippen molar-refractivity contribution >= 4 is 5.91 Å². The molecule has 1 aromatic heterocycles. The number of hydrogen-bond acceptors (Lipinski definition) is 5. The Balaban J connectivity index is 1.72. The Hall–Kier alpha value is -1.40. The second-order valence-electron chi connectivity index (χ2n) is 6.18. The topological polar surface area (TPSA) is 64.8 Å². The van der Waals surface area contributed by atoms with Gasteiger partial charge in [-0.3, -0.25) is 4.79 Å². The Morgan fingerprint density at radius 3 is 3.14 bits per heavy atom. The van der Waals surface area contributed by atoms with Crippen molar-refractivity contribution in [1.82, 2.24) is 10.1 Å². The van der Waals surface area contributed by atoms with E-state index in [2.05, 4.69) is 12.1 Å². The largest absolute Gasteiger partial charge is 0.378 e. The summed E-state index contributed by atoms with van der Waals surface area (Å²) in [7, 11) is 1.72. The maximum absolute atomic E-state index is 12.7.